The molecule has 1 aliphatic heterocycles. The van der Waals surface area contributed by atoms with E-state index >= 15 is 0 Å². The second-order valence-electron chi connectivity index (χ2n) is 8.20. The summed E-state index contributed by atoms with van der Waals surface area (Å²) in [5.74, 6) is -2.44. The number of nitrogens with one attached hydrogen (secondary N) is 2. The van der Waals surface area contributed by atoms with Crippen molar-refractivity contribution in [2.24, 2.45) is 0 Å². The molecule has 1 aromatic heterocycles. The van der Waals surface area contributed by atoms with Crippen LogP contribution in [-0.2, 0) is 9.31 Å². The molecule has 2 aromatic carbocycles. The minimum absolute atomic E-state index is 0.172. The first-order chi connectivity index (χ1) is 13.6. The number of halogens is 2. The van der Waals surface area contributed by atoms with Gasteiger partial charge in [-0.3, -0.25) is 4.79 Å². The van der Waals surface area contributed by atoms with E-state index in [2.05, 4.69) is 10.3 Å². The largest absolute Gasteiger partial charge is 0.494 e. The van der Waals surface area contributed by atoms with E-state index in [1.165, 1.54) is 6.07 Å². The number of fused-ring (bicyclic) bond motifs is 1. The van der Waals surface area contributed by atoms with Gasteiger partial charge in [-0.05, 0) is 62.8 Å². The molecule has 8 heteroatoms. The molecule has 0 aliphatic carbocycles. The standard InChI is InChI=1S/C21H21BF2N2O3/c1-20(2)21(3,4)29-22(28-20)13-5-8-17-12(9-13)10-18(26-17)19(27)25-14-6-7-15(23)16(24)11-14/h5-11,26H,1-4H3,(H,25,27). The average Bonchev–Trinajstić information content (AvgIpc) is 3.15. The van der Waals surface area contributed by atoms with Gasteiger partial charge in [0.15, 0.2) is 11.6 Å². The monoisotopic (exact) mass is 398 g/mol. The van der Waals surface area contributed by atoms with Crippen molar-refractivity contribution in [3.63, 3.8) is 0 Å². The van der Waals surface area contributed by atoms with E-state index in [1.807, 2.05) is 45.9 Å². The van der Waals surface area contributed by atoms with Gasteiger partial charge < -0.3 is 19.6 Å². The van der Waals surface area contributed by atoms with Crippen molar-refractivity contribution in [2.45, 2.75) is 38.9 Å². The van der Waals surface area contributed by atoms with Crippen LogP contribution in [-0.4, -0.2) is 29.2 Å². The highest BCUT2D eigenvalue weighted by Gasteiger charge is 2.51. The Balaban J connectivity index is 1.57. The number of carbonyl (C=O) groups excluding carboxylic acids is 1. The predicted molar refractivity (Wildman–Crippen MR) is 108 cm³/mol. The molecule has 0 bridgehead atoms. The van der Waals surface area contributed by atoms with Crippen molar-refractivity contribution in [2.75, 3.05) is 5.32 Å². The lowest BCUT2D eigenvalue weighted by Gasteiger charge is -2.32. The lowest BCUT2D eigenvalue weighted by Crippen LogP contribution is -2.41. The number of aromatic nitrogens is 1. The van der Waals surface area contributed by atoms with Gasteiger partial charge in [0.25, 0.3) is 5.91 Å². The summed E-state index contributed by atoms with van der Waals surface area (Å²) in [6, 6.07) is 10.5. The van der Waals surface area contributed by atoms with Crippen molar-refractivity contribution in [3.05, 3.63) is 59.8 Å². The Kier molecular flexibility index (Phi) is 4.51. The molecule has 1 aliphatic rings. The lowest BCUT2D eigenvalue weighted by atomic mass is 9.79. The quantitative estimate of drug-likeness (QED) is 0.656. The first kappa shape index (κ1) is 19.6. The zero-order chi connectivity index (χ0) is 21.0. The van der Waals surface area contributed by atoms with Crippen LogP contribution in [0.2, 0.25) is 0 Å². The number of H-pyrrole nitrogens is 1. The third kappa shape index (κ3) is 3.54. The molecule has 2 heterocycles. The summed E-state index contributed by atoms with van der Waals surface area (Å²) < 4.78 is 38.5. The van der Waals surface area contributed by atoms with Gasteiger partial charge in [-0.15, -0.1) is 0 Å². The van der Waals surface area contributed by atoms with Crippen LogP contribution in [0.3, 0.4) is 0 Å². The van der Waals surface area contributed by atoms with Crippen LogP contribution in [0.4, 0.5) is 14.5 Å². The van der Waals surface area contributed by atoms with Crippen molar-refractivity contribution < 1.29 is 22.9 Å². The van der Waals surface area contributed by atoms with Crippen LogP contribution in [0.5, 0.6) is 0 Å². The van der Waals surface area contributed by atoms with Gasteiger partial charge >= 0.3 is 7.12 Å². The Bertz CT molecular complexity index is 1090. The summed E-state index contributed by atoms with van der Waals surface area (Å²) in [5, 5.41) is 3.36. The number of rotatable bonds is 3. The molecule has 0 saturated carbocycles. The number of aromatic amines is 1. The van der Waals surface area contributed by atoms with Gasteiger partial charge in [0, 0.05) is 17.3 Å². The lowest BCUT2D eigenvalue weighted by molar-refractivity contribution is 0.00578. The van der Waals surface area contributed by atoms with Crippen LogP contribution in [0.1, 0.15) is 38.2 Å². The highest BCUT2D eigenvalue weighted by molar-refractivity contribution is 6.62. The fourth-order valence-corrected chi connectivity index (χ4v) is 3.17. The van der Waals surface area contributed by atoms with E-state index < -0.39 is 35.9 Å². The Morgan fingerprint density at radius 1 is 0.966 bits per heavy atom. The second-order valence-corrected chi connectivity index (χ2v) is 8.20. The van der Waals surface area contributed by atoms with Gasteiger partial charge in [-0.25, -0.2) is 8.78 Å². The molecule has 5 nitrogen and oxygen atoms in total. The Hall–Kier alpha value is -2.71. The summed E-state index contributed by atoms with van der Waals surface area (Å²) >= 11 is 0. The van der Waals surface area contributed by atoms with Gasteiger partial charge in [0.2, 0.25) is 0 Å². The highest BCUT2D eigenvalue weighted by atomic mass is 19.2. The van der Waals surface area contributed by atoms with Crippen LogP contribution in [0.15, 0.2) is 42.5 Å². The number of amides is 1. The number of anilines is 1. The van der Waals surface area contributed by atoms with E-state index in [1.54, 1.807) is 6.07 Å². The average molecular weight is 398 g/mol. The SMILES string of the molecule is CC1(C)OB(c2ccc3[nH]c(C(=O)Nc4ccc(F)c(F)c4)cc3c2)OC1(C)C. The minimum atomic E-state index is -1.02. The van der Waals surface area contributed by atoms with Crippen LogP contribution in [0, 0.1) is 11.6 Å². The third-order valence-corrected chi connectivity index (χ3v) is 5.59. The fourth-order valence-electron chi connectivity index (χ4n) is 3.17. The fraction of sp³-hybridized carbons (Fsp3) is 0.286. The summed E-state index contributed by atoms with van der Waals surface area (Å²) in [6.45, 7) is 7.95. The summed E-state index contributed by atoms with van der Waals surface area (Å²) in [7, 11) is -0.501. The van der Waals surface area contributed by atoms with Crippen molar-refractivity contribution in [1.29, 1.82) is 0 Å². The molecule has 0 atom stereocenters. The van der Waals surface area contributed by atoms with Gasteiger partial charge in [0.1, 0.15) is 5.69 Å². The Morgan fingerprint density at radius 2 is 1.66 bits per heavy atom. The third-order valence-electron chi connectivity index (χ3n) is 5.59. The van der Waals surface area contributed by atoms with Crippen molar-refractivity contribution >= 4 is 35.1 Å². The topological polar surface area (TPSA) is 63.4 Å². The molecule has 1 fully saturated rings. The minimum Gasteiger partial charge on any atom is -0.399 e. The van der Waals surface area contributed by atoms with Gasteiger partial charge in [-0.1, -0.05) is 12.1 Å². The summed E-state index contributed by atoms with van der Waals surface area (Å²) in [6.07, 6.45) is 0. The normalized spacial score (nSPS) is 17.7. The molecule has 4 rings (SSSR count). The Morgan fingerprint density at radius 3 is 2.31 bits per heavy atom. The maximum Gasteiger partial charge on any atom is 0.494 e. The first-order valence-corrected chi connectivity index (χ1v) is 9.30. The molecule has 1 saturated heterocycles. The number of carbonyl (C=O) groups is 1. The van der Waals surface area contributed by atoms with Crippen LogP contribution in [0.25, 0.3) is 10.9 Å². The predicted octanol–water partition coefficient (Wildman–Crippen LogP) is 4.00. The summed E-state index contributed by atoms with van der Waals surface area (Å²) in [4.78, 5) is 15.5. The van der Waals surface area contributed by atoms with E-state index in [9.17, 15) is 13.6 Å². The molecule has 0 unspecified atom stereocenters. The van der Waals surface area contributed by atoms with E-state index in [4.69, 9.17) is 9.31 Å². The molecule has 0 radical (unpaired) electrons. The van der Waals surface area contributed by atoms with Crippen LogP contribution >= 0.6 is 0 Å². The zero-order valence-electron chi connectivity index (χ0n) is 16.6. The molecular weight excluding hydrogens is 377 g/mol. The van der Waals surface area contributed by atoms with Crippen molar-refractivity contribution in [3.8, 4) is 0 Å². The van der Waals surface area contributed by atoms with E-state index in [0.717, 1.165) is 28.5 Å². The van der Waals surface area contributed by atoms with E-state index in [0.29, 0.717) is 5.69 Å². The Labute approximate surface area is 167 Å². The number of hydrogen-bond acceptors (Lipinski definition) is 3. The molecule has 3 aromatic rings. The summed E-state index contributed by atoms with van der Waals surface area (Å²) in [5.41, 5.74) is 1.20. The second kappa shape index (κ2) is 6.67. The maximum atomic E-state index is 13.3. The van der Waals surface area contributed by atoms with E-state index in [-0.39, 0.29) is 5.69 Å². The molecule has 1 amide bonds. The van der Waals surface area contributed by atoms with Crippen molar-refractivity contribution in [1.82, 2.24) is 4.98 Å². The molecule has 2 N–H and O–H groups in total. The first-order valence-electron chi connectivity index (χ1n) is 9.30. The molecular formula is C21H21BF2N2O3. The molecule has 0 spiro atoms. The molecule has 150 valence electrons. The number of hydrogen-bond donors (Lipinski definition) is 2. The smallest absolute Gasteiger partial charge is 0.399 e. The van der Waals surface area contributed by atoms with Gasteiger partial charge in [0.05, 0.1) is 11.2 Å². The maximum absolute atomic E-state index is 13.3. The number of benzene rings is 2. The van der Waals surface area contributed by atoms with Gasteiger partial charge in [-0.2, -0.15) is 0 Å². The van der Waals surface area contributed by atoms with Crippen LogP contribution < -0.4 is 10.8 Å². The highest BCUT2D eigenvalue weighted by Crippen LogP contribution is 2.36. The zero-order valence-corrected chi connectivity index (χ0v) is 16.6. The molecule has 29 heavy (non-hydrogen) atoms.